The Kier molecular flexibility index (Phi) is 5.53. The number of aromatic nitrogens is 2. The van der Waals surface area contributed by atoms with E-state index in [0.29, 0.717) is 25.9 Å². The van der Waals surface area contributed by atoms with Gasteiger partial charge < -0.3 is 10.2 Å². The maximum atomic E-state index is 12.8. The second-order valence-corrected chi connectivity index (χ2v) is 7.93. The molecule has 6 nitrogen and oxygen atoms in total. The molecule has 1 fully saturated rings. The van der Waals surface area contributed by atoms with E-state index in [4.69, 9.17) is 0 Å². The molecular formula is C21H22N4O2S. The fraction of sp³-hybridized carbons (Fsp3) is 0.286. The number of rotatable bonds is 6. The monoisotopic (exact) mass is 394 g/mol. The lowest BCUT2D eigenvalue weighted by atomic mass is 10.1. The van der Waals surface area contributed by atoms with Crippen molar-refractivity contribution in [2.75, 3.05) is 11.9 Å². The standard InChI is InChI=1S/C21H22N4O2S/c26-20(14-18-7-3-12-28-18)25-11-2-8-19(25)21(27)23-17-6-1-5-16(13-17)15-24-10-4-9-22-24/h1,3-7,9-10,12-13,19H,2,8,11,14-15H2,(H,23,27). The summed E-state index contributed by atoms with van der Waals surface area (Å²) in [6.07, 6.45) is 5.57. The van der Waals surface area contributed by atoms with Crippen LogP contribution in [-0.4, -0.2) is 39.1 Å². The summed E-state index contributed by atoms with van der Waals surface area (Å²) in [7, 11) is 0. The summed E-state index contributed by atoms with van der Waals surface area (Å²) >= 11 is 1.57. The van der Waals surface area contributed by atoms with Crippen LogP contribution >= 0.6 is 11.3 Å². The van der Waals surface area contributed by atoms with E-state index in [1.54, 1.807) is 22.4 Å². The lowest BCUT2D eigenvalue weighted by Crippen LogP contribution is -2.43. The number of benzene rings is 1. The van der Waals surface area contributed by atoms with Gasteiger partial charge in [-0.05, 0) is 48.1 Å². The molecule has 1 aliphatic rings. The van der Waals surface area contributed by atoms with Gasteiger partial charge in [0, 0.05) is 29.5 Å². The van der Waals surface area contributed by atoms with Crippen molar-refractivity contribution >= 4 is 28.8 Å². The van der Waals surface area contributed by atoms with Crippen molar-refractivity contribution in [1.82, 2.24) is 14.7 Å². The number of amides is 2. The lowest BCUT2D eigenvalue weighted by Gasteiger charge is -2.24. The Bertz CT molecular complexity index is 937. The SMILES string of the molecule is O=C(Nc1cccc(Cn2cccn2)c1)C1CCCN1C(=O)Cc1cccs1. The van der Waals surface area contributed by atoms with Gasteiger partial charge in [-0.2, -0.15) is 5.10 Å². The molecule has 7 heteroatoms. The smallest absolute Gasteiger partial charge is 0.247 e. The average molecular weight is 395 g/mol. The van der Waals surface area contributed by atoms with E-state index in [0.717, 1.165) is 22.5 Å². The lowest BCUT2D eigenvalue weighted by molar-refractivity contribution is -0.136. The van der Waals surface area contributed by atoms with Gasteiger partial charge in [0.25, 0.3) is 0 Å². The predicted molar refractivity (Wildman–Crippen MR) is 109 cm³/mol. The number of likely N-dealkylation sites (tertiary alicyclic amines) is 1. The number of nitrogens with zero attached hydrogens (tertiary/aromatic N) is 3. The molecule has 1 unspecified atom stereocenters. The molecule has 2 amide bonds. The molecule has 3 aromatic rings. The zero-order valence-corrected chi connectivity index (χ0v) is 16.3. The summed E-state index contributed by atoms with van der Waals surface area (Å²) in [5.74, 6) is -0.0965. The van der Waals surface area contributed by atoms with Crippen LogP contribution in [0.4, 0.5) is 5.69 Å². The third-order valence-electron chi connectivity index (χ3n) is 4.88. The van der Waals surface area contributed by atoms with E-state index in [1.807, 2.05) is 58.7 Å². The molecule has 0 spiro atoms. The summed E-state index contributed by atoms with van der Waals surface area (Å²) in [6, 6.07) is 13.1. The highest BCUT2D eigenvalue weighted by atomic mass is 32.1. The number of carbonyl (C=O) groups excluding carboxylic acids is 2. The van der Waals surface area contributed by atoms with Gasteiger partial charge in [-0.15, -0.1) is 11.3 Å². The molecule has 1 aromatic carbocycles. The van der Waals surface area contributed by atoms with Gasteiger partial charge in [0.15, 0.2) is 0 Å². The van der Waals surface area contributed by atoms with Crippen molar-refractivity contribution in [2.45, 2.75) is 31.8 Å². The Hall–Kier alpha value is -2.93. The number of anilines is 1. The number of nitrogens with one attached hydrogen (secondary N) is 1. The maximum absolute atomic E-state index is 12.8. The molecule has 4 rings (SSSR count). The van der Waals surface area contributed by atoms with E-state index < -0.39 is 6.04 Å². The first-order valence-electron chi connectivity index (χ1n) is 9.38. The normalized spacial score (nSPS) is 16.3. The zero-order valence-electron chi connectivity index (χ0n) is 15.5. The molecule has 1 aliphatic heterocycles. The molecule has 1 atom stereocenters. The number of thiophene rings is 1. The van der Waals surface area contributed by atoms with Crippen LogP contribution in [0.25, 0.3) is 0 Å². The number of carbonyl (C=O) groups is 2. The van der Waals surface area contributed by atoms with Crippen LogP contribution in [0, 0.1) is 0 Å². The van der Waals surface area contributed by atoms with E-state index >= 15 is 0 Å². The molecule has 0 radical (unpaired) electrons. The Balaban J connectivity index is 1.40. The molecule has 1 N–H and O–H groups in total. The van der Waals surface area contributed by atoms with Crippen LogP contribution in [0.3, 0.4) is 0 Å². The van der Waals surface area contributed by atoms with Crippen LogP contribution in [-0.2, 0) is 22.6 Å². The Labute approximate surface area is 167 Å². The third-order valence-corrected chi connectivity index (χ3v) is 5.76. The molecule has 28 heavy (non-hydrogen) atoms. The topological polar surface area (TPSA) is 67.2 Å². The summed E-state index contributed by atoms with van der Waals surface area (Å²) < 4.78 is 1.84. The summed E-state index contributed by atoms with van der Waals surface area (Å²) in [5, 5.41) is 9.16. The van der Waals surface area contributed by atoms with Crippen LogP contribution < -0.4 is 5.32 Å². The first kappa shape index (κ1) is 18.4. The molecular weight excluding hydrogens is 372 g/mol. The molecule has 0 saturated carbocycles. The first-order valence-corrected chi connectivity index (χ1v) is 10.3. The second-order valence-electron chi connectivity index (χ2n) is 6.89. The van der Waals surface area contributed by atoms with Crippen molar-refractivity contribution in [2.24, 2.45) is 0 Å². The molecule has 0 aliphatic carbocycles. The van der Waals surface area contributed by atoms with E-state index in [2.05, 4.69) is 10.4 Å². The third kappa shape index (κ3) is 4.31. The van der Waals surface area contributed by atoms with Gasteiger partial charge in [0.2, 0.25) is 11.8 Å². The van der Waals surface area contributed by atoms with Crippen LogP contribution in [0.1, 0.15) is 23.3 Å². The van der Waals surface area contributed by atoms with Crippen molar-refractivity contribution < 1.29 is 9.59 Å². The van der Waals surface area contributed by atoms with Gasteiger partial charge >= 0.3 is 0 Å². The molecule has 0 bridgehead atoms. The minimum absolute atomic E-state index is 0.0209. The number of hydrogen-bond acceptors (Lipinski definition) is 4. The molecule has 1 saturated heterocycles. The van der Waals surface area contributed by atoms with Crippen molar-refractivity contribution in [3.63, 3.8) is 0 Å². The second kappa shape index (κ2) is 8.39. The van der Waals surface area contributed by atoms with Gasteiger partial charge in [-0.3, -0.25) is 14.3 Å². The van der Waals surface area contributed by atoms with Crippen molar-refractivity contribution in [3.8, 4) is 0 Å². The molecule has 144 valence electrons. The average Bonchev–Trinajstić information content (AvgIpc) is 3.44. The zero-order chi connectivity index (χ0) is 19.3. The van der Waals surface area contributed by atoms with Gasteiger partial charge in [-0.1, -0.05) is 18.2 Å². The van der Waals surface area contributed by atoms with E-state index in [1.165, 1.54) is 0 Å². The van der Waals surface area contributed by atoms with Crippen molar-refractivity contribution in [3.05, 3.63) is 70.7 Å². The summed E-state index contributed by atoms with van der Waals surface area (Å²) in [5.41, 5.74) is 1.80. The highest BCUT2D eigenvalue weighted by Gasteiger charge is 2.34. The number of hydrogen-bond donors (Lipinski definition) is 1. The van der Waals surface area contributed by atoms with Crippen LogP contribution in [0.2, 0.25) is 0 Å². The largest absolute Gasteiger partial charge is 0.330 e. The Morgan fingerprint density at radius 3 is 2.93 bits per heavy atom. The summed E-state index contributed by atoms with van der Waals surface area (Å²) in [6.45, 7) is 1.28. The van der Waals surface area contributed by atoms with Gasteiger partial charge in [0.1, 0.15) is 6.04 Å². The predicted octanol–water partition coefficient (Wildman–Crippen LogP) is 3.17. The highest BCUT2D eigenvalue weighted by Crippen LogP contribution is 2.22. The quantitative estimate of drug-likeness (QED) is 0.698. The van der Waals surface area contributed by atoms with Crippen LogP contribution in [0.5, 0.6) is 0 Å². The Morgan fingerprint density at radius 2 is 2.14 bits per heavy atom. The van der Waals surface area contributed by atoms with Crippen LogP contribution in [0.15, 0.2) is 60.2 Å². The van der Waals surface area contributed by atoms with E-state index in [-0.39, 0.29) is 11.8 Å². The van der Waals surface area contributed by atoms with Gasteiger partial charge in [-0.25, -0.2) is 0 Å². The molecule has 2 aromatic heterocycles. The maximum Gasteiger partial charge on any atom is 0.247 e. The fourth-order valence-corrected chi connectivity index (χ4v) is 4.25. The summed E-state index contributed by atoms with van der Waals surface area (Å²) in [4.78, 5) is 28.2. The minimum atomic E-state index is -0.401. The highest BCUT2D eigenvalue weighted by molar-refractivity contribution is 7.10. The van der Waals surface area contributed by atoms with Gasteiger partial charge in [0.05, 0.1) is 13.0 Å². The first-order chi connectivity index (χ1) is 13.7. The van der Waals surface area contributed by atoms with Crippen molar-refractivity contribution in [1.29, 1.82) is 0 Å². The van der Waals surface area contributed by atoms with E-state index in [9.17, 15) is 9.59 Å². The minimum Gasteiger partial charge on any atom is -0.330 e. The Morgan fingerprint density at radius 1 is 1.21 bits per heavy atom. The molecule has 3 heterocycles. The fourth-order valence-electron chi connectivity index (χ4n) is 3.56.